The smallest absolute Gasteiger partial charge is 0.333 e. The molecule has 1 spiro atoms. The van der Waals surface area contributed by atoms with Crippen molar-refractivity contribution in [2.24, 2.45) is 34.5 Å². The van der Waals surface area contributed by atoms with E-state index < -0.39 is 18.2 Å². The van der Waals surface area contributed by atoms with Gasteiger partial charge in [-0.25, -0.2) is 4.79 Å². The number of aliphatic hydroxyl groups is 2. The molecule has 8 atom stereocenters. The molecule has 4 aliphatic carbocycles. The van der Waals surface area contributed by atoms with E-state index in [9.17, 15) is 15.0 Å². The third-order valence-electron chi connectivity index (χ3n) is 9.65. The quantitative estimate of drug-likeness (QED) is 0.288. The molecule has 2 N–H and O–H groups in total. The molecule has 37 heavy (non-hydrogen) atoms. The SMILES string of the molecule is C=C(C)C(=O)OCC(O)COCC1CCC2C(C1)C1CC13CCC23COCC(O)COc1ccccc1. The van der Waals surface area contributed by atoms with E-state index >= 15 is 0 Å². The van der Waals surface area contributed by atoms with Crippen molar-refractivity contribution in [2.75, 3.05) is 39.6 Å². The summed E-state index contributed by atoms with van der Waals surface area (Å²) in [7, 11) is 0. The summed E-state index contributed by atoms with van der Waals surface area (Å²) >= 11 is 0. The fourth-order valence-corrected chi connectivity index (χ4v) is 7.83. The Morgan fingerprint density at radius 1 is 1.03 bits per heavy atom. The summed E-state index contributed by atoms with van der Waals surface area (Å²) in [4.78, 5) is 11.5. The minimum atomic E-state index is -0.817. The zero-order valence-corrected chi connectivity index (χ0v) is 22.0. The molecule has 204 valence electrons. The average molecular weight is 515 g/mol. The second-order valence-corrected chi connectivity index (χ2v) is 11.9. The van der Waals surface area contributed by atoms with Crippen LogP contribution in [0.15, 0.2) is 42.5 Å². The van der Waals surface area contributed by atoms with Crippen LogP contribution in [0.1, 0.15) is 45.4 Å². The maximum atomic E-state index is 11.5. The molecule has 4 fully saturated rings. The van der Waals surface area contributed by atoms with Gasteiger partial charge in [-0.1, -0.05) is 24.8 Å². The summed E-state index contributed by atoms with van der Waals surface area (Å²) < 4.78 is 22.7. The van der Waals surface area contributed by atoms with E-state index in [1.54, 1.807) is 6.92 Å². The van der Waals surface area contributed by atoms with Crippen molar-refractivity contribution in [2.45, 2.75) is 57.7 Å². The first-order valence-corrected chi connectivity index (χ1v) is 13.9. The lowest BCUT2D eigenvalue weighted by molar-refractivity contribution is -0.143. The van der Waals surface area contributed by atoms with Gasteiger partial charge in [0, 0.05) is 17.6 Å². The summed E-state index contributed by atoms with van der Waals surface area (Å²) in [5, 5.41) is 20.5. The zero-order valence-electron chi connectivity index (χ0n) is 22.0. The Labute approximate surface area is 220 Å². The van der Waals surface area contributed by atoms with Crippen LogP contribution in [0.4, 0.5) is 0 Å². The number of benzene rings is 1. The van der Waals surface area contributed by atoms with Gasteiger partial charge < -0.3 is 29.2 Å². The molecule has 0 saturated heterocycles. The Kier molecular flexibility index (Phi) is 7.96. The molecule has 7 heteroatoms. The molecule has 4 saturated carbocycles. The van der Waals surface area contributed by atoms with Gasteiger partial charge in [0.2, 0.25) is 0 Å². The summed E-state index contributed by atoms with van der Waals surface area (Å²) in [5.41, 5.74) is 1.09. The van der Waals surface area contributed by atoms with Crippen LogP contribution in [0.2, 0.25) is 0 Å². The average Bonchev–Trinajstić information content (AvgIpc) is 3.64. The van der Waals surface area contributed by atoms with E-state index in [4.69, 9.17) is 18.9 Å². The molecule has 0 bridgehead atoms. The molecule has 0 amide bonds. The second kappa shape index (κ2) is 11.0. The summed E-state index contributed by atoms with van der Waals surface area (Å²) in [5.74, 6) is 3.05. The maximum absolute atomic E-state index is 11.5. The molecule has 4 aliphatic rings. The molecule has 0 aromatic heterocycles. The second-order valence-electron chi connectivity index (χ2n) is 11.9. The van der Waals surface area contributed by atoms with Crippen LogP contribution < -0.4 is 4.74 Å². The fraction of sp³-hybridized carbons (Fsp3) is 0.700. The van der Waals surface area contributed by atoms with Crippen LogP contribution in [-0.2, 0) is 19.0 Å². The molecule has 7 nitrogen and oxygen atoms in total. The van der Waals surface area contributed by atoms with Crippen molar-refractivity contribution < 1.29 is 34.0 Å². The van der Waals surface area contributed by atoms with E-state index in [0.717, 1.165) is 30.6 Å². The van der Waals surface area contributed by atoms with Crippen LogP contribution in [-0.4, -0.2) is 68.0 Å². The van der Waals surface area contributed by atoms with Crippen LogP contribution in [0, 0.1) is 34.5 Å². The van der Waals surface area contributed by atoms with Gasteiger partial charge in [-0.2, -0.15) is 0 Å². The largest absolute Gasteiger partial charge is 0.491 e. The highest BCUT2D eigenvalue weighted by molar-refractivity contribution is 5.86. The van der Waals surface area contributed by atoms with Crippen LogP contribution in [0.3, 0.4) is 0 Å². The van der Waals surface area contributed by atoms with Crippen LogP contribution in [0.25, 0.3) is 0 Å². The Hall–Kier alpha value is -1.93. The minimum Gasteiger partial charge on any atom is -0.491 e. The lowest BCUT2D eigenvalue weighted by Crippen LogP contribution is -2.50. The highest BCUT2D eigenvalue weighted by Gasteiger charge is 2.81. The maximum Gasteiger partial charge on any atom is 0.333 e. The molecule has 8 unspecified atom stereocenters. The van der Waals surface area contributed by atoms with Crippen LogP contribution in [0.5, 0.6) is 5.75 Å². The molecule has 0 radical (unpaired) electrons. The number of hydrogen-bond acceptors (Lipinski definition) is 7. The predicted octanol–water partition coefficient (Wildman–Crippen LogP) is 3.77. The third kappa shape index (κ3) is 5.33. The van der Waals surface area contributed by atoms with Crippen molar-refractivity contribution in [1.82, 2.24) is 0 Å². The lowest BCUT2D eigenvalue weighted by atomic mass is 9.52. The molecular formula is C30H42O7. The number of para-hydroxylation sites is 1. The Morgan fingerprint density at radius 2 is 1.78 bits per heavy atom. The number of carbonyl (C=O) groups excluding carboxylic acids is 1. The monoisotopic (exact) mass is 514 g/mol. The summed E-state index contributed by atoms with van der Waals surface area (Å²) in [6, 6.07) is 9.57. The highest BCUT2D eigenvalue weighted by atomic mass is 16.5. The number of fused-ring (bicyclic) bond motifs is 3. The number of ether oxygens (including phenoxy) is 4. The number of hydrogen-bond donors (Lipinski definition) is 2. The first-order chi connectivity index (χ1) is 17.8. The Morgan fingerprint density at radius 3 is 2.51 bits per heavy atom. The van der Waals surface area contributed by atoms with Crippen molar-refractivity contribution in [3.05, 3.63) is 42.5 Å². The van der Waals surface area contributed by atoms with E-state index in [2.05, 4.69) is 6.58 Å². The first kappa shape index (κ1) is 26.7. The molecular weight excluding hydrogens is 472 g/mol. The van der Waals surface area contributed by atoms with E-state index in [0.29, 0.717) is 36.0 Å². The van der Waals surface area contributed by atoms with Gasteiger partial charge in [-0.3, -0.25) is 0 Å². The van der Waals surface area contributed by atoms with Gasteiger partial charge >= 0.3 is 5.97 Å². The van der Waals surface area contributed by atoms with Crippen molar-refractivity contribution in [3.63, 3.8) is 0 Å². The van der Waals surface area contributed by atoms with Gasteiger partial charge in [0.05, 0.1) is 19.8 Å². The van der Waals surface area contributed by atoms with Gasteiger partial charge in [-0.15, -0.1) is 0 Å². The third-order valence-corrected chi connectivity index (χ3v) is 9.65. The summed E-state index contributed by atoms with van der Waals surface area (Å²) in [6.45, 7) is 7.19. The fourth-order valence-electron chi connectivity index (χ4n) is 7.83. The topological polar surface area (TPSA) is 94.5 Å². The van der Waals surface area contributed by atoms with E-state index in [1.165, 1.54) is 32.1 Å². The predicted molar refractivity (Wildman–Crippen MR) is 138 cm³/mol. The number of esters is 1. The molecule has 5 rings (SSSR count). The summed E-state index contributed by atoms with van der Waals surface area (Å²) in [6.07, 6.45) is 5.99. The Balaban J connectivity index is 1.04. The van der Waals surface area contributed by atoms with E-state index in [-0.39, 0.29) is 25.2 Å². The van der Waals surface area contributed by atoms with Gasteiger partial charge in [0.15, 0.2) is 0 Å². The highest BCUT2D eigenvalue weighted by Crippen LogP contribution is 2.87. The molecule has 0 aliphatic heterocycles. The zero-order chi connectivity index (χ0) is 26.0. The number of carbonyl (C=O) groups is 1. The normalized spacial score (nSPS) is 34.8. The van der Waals surface area contributed by atoms with Gasteiger partial charge in [0.1, 0.15) is 31.2 Å². The minimum absolute atomic E-state index is 0.0682. The van der Waals surface area contributed by atoms with Crippen molar-refractivity contribution in [1.29, 1.82) is 0 Å². The van der Waals surface area contributed by atoms with Gasteiger partial charge in [0.25, 0.3) is 0 Å². The van der Waals surface area contributed by atoms with Crippen molar-refractivity contribution >= 4 is 5.97 Å². The molecule has 0 heterocycles. The van der Waals surface area contributed by atoms with Crippen molar-refractivity contribution in [3.8, 4) is 5.75 Å². The number of aliphatic hydroxyl groups excluding tert-OH is 2. The lowest BCUT2D eigenvalue weighted by Gasteiger charge is -2.54. The number of rotatable bonds is 14. The van der Waals surface area contributed by atoms with Gasteiger partial charge in [-0.05, 0) is 86.7 Å². The Bertz CT molecular complexity index is 951. The van der Waals surface area contributed by atoms with E-state index in [1.807, 2.05) is 30.3 Å². The molecule has 1 aromatic carbocycles. The first-order valence-electron chi connectivity index (χ1n) is 13.9. The van der Waals surface area contributed by atoms with Crippen LogP contribution >= 0.6 is 0 Å². The molecule has 1 aromatic rings. The standard InChI is InChI=1S/C30H42O7/c1-20(2)28(33)37-18-22(31)15-34-14-21-8-9-26-25(12-21)27-13-29(27)10-11-30(26,29)19-35-16-23(32)17-36-24-6-4-3-5-7-24/h3-7,21-23,25-27,31-32H,1,8-19H2,2H3.